The Hall–Kier alpha value is -2.08. The van der Waals surface area contributed by atoms with Crippen LogP contribution in [0.15, 0.2) is 18.2 Å². The van der Waals surface area contributed by atoms with E-state index in [2.05, 4.69) is 10.3 Å². The molecule has 1 amide bonds. The number of rotatable bonds is 6. The summed E-state index contributed by atoms with van der Waals surface area (Å²) in [5.41, 5.74) is 1.45. The molecule has 0 fully saturated rings. The van der Waals surface area contributed by atoms with E-state index in [9.17, 15) is 4.79 Å². The van der Waals surface area contributed by atoms with Crippen LogP contribution in [-0.2, 0) is 6.42 Å². The first kappa shape index (κ1) is 16.3. The van der Waals surface area contributed by atoms with Gasteiger partial charge < -0.3 is 14.8 Å². The quantitative estimate of drug-likeness (QED) is 0.889. The van der Waals surface area contributed by atoms with Gasteiger partial charge in [-0.2, -0.15) is 0 Å². The van der Waals surface area contributed by atoms with Gasteiger partial charge in [0.2, 0.25) is 0 Å². The fourth-order valence-corrected chi connectivity index (χ4v) is 3.20. The first-order valence-electron chi connectivity index (χ1n) is 6.99. The minimum atomic E-state index is -0.201. The maximum absolute atomic E-state index is 12.4. The summed E-state index contributed by atoms with van der Waals surface area (Å²) in [6.07, 6.45) is 0.764. The number of hydrogen-bond acceptors (Lipinski definition) is 5. The molecule has 0 aliphatic carbocycles. The number of carbonyl (C=O) groups excluding carboxylic acids is 1. The van der Waals surface area contributed by atoms with Crippen LogP contribution in [0.4, 0.5) is 0 Å². The molecule has 118 valence electrons. The molecule has 1 aromatic carbocycles. The summed E-state index contributed by atoms with van der Waals surface area (Å²) >= 11 is 1.67. The molecular weight excluding hydrogens is 300 g/mol. The van der Waals surface area contributed by atoms with E-state index in [0.29, 0.717) is 23.6 Å². The van der Waals surface area contributed by atoms with Crippen LogP contribution in [0.2, 0.25) is 0 Å². The third kappa shape index (κ3) is 3.57. The average Bonchev–Trinajstić information content (AvgIpc) is 2.84. The van der Waals surface area contributed by atoms with E-state index in [0.717, 1.165) is 17.1 Å². The third-order valence-corrected chi connectivity index (χ3v) is 4.42. The number of amides is 1. The lowest BCUT2D eigenvalue weighted by molar-refractivity contribution is 0.0948. The second kappa shape index (κ2) is 7.26. The molecule has 0 unspecified atom stereocenters. The van der Waals surface area contributed by atoms with Crippen molar-refractivity contribution in [1.29, 1.82) is 0 Å². The van der Waals surface area contributed by atoms with Gasteiger partial charge in [0.25, 0.3) is 5.91 Å². The normalized spacial score (nSPS) is 10.4. The van der Waals surface area contributed by atoms with Crippen molar-refractivity contribution in [2.45, 2.75) is 20.3 Å². The minimum absolute atomic E-state index is 0.201. The highest BCUT2D eigenvalue weighted by Gasteiger charge is 2.17. The largest absolute Gasteiger partial charge is 0.496 e. The molecule has 5 nitrogen and oxygen atoms in total. The predicted octanol–water partition coefficient (Wildman–Crippen LogP) is 2.75. The van der Waals surface area contributed by atoms with Gasteiger partial charge in [0.05, 0.1) is 24.9 Å². The molecule has 1 aromatic heterocycles. The first-order chi connectivity index (χ1) is 10.6. The third-order valence-electron chi connectivity index (χ3n) is 3.29. The Kier molecular flexibility index (Phi) is 5.38. The Labute approximate surface area is 134 Å². The molecule has 2 aromatic rings. The molecule has 0 saturated carbocycles. The van der Waals surface area contributed by atoms with E-state index in [1.54, 1.807) is 29.5 Å². The van der Waals surface area contributed by atoms with Crippen molar-refractivity contribution in [3.8, 4) is 11.5 Å². The lowest BCUT2D eigenvalue weighted by atomic mass is 10.1. The van der Waals surface area contributed by atoms with E-state index in [-0.39, 0.29) is 5.91 Å². The first-order valence-corrected chi connectivity index (χ1v) is 7.80. The van der Waals surface area contributed by atoms with E-state index in [4.69, 9.17) is 9.47 Å². The fourth-order valence-electron chi connectivity index (χ4n) is 2.26. The van der Waals surface area contributed by atoms with Crippen molar-refractivity contribution in [2.24, 2.45) is 0 Å². The van der Waals surface area contributed by atoms with Crippen molar-refractivity contribution >= 4 is 17.2 Å². The molecule has 22 heavy (non-hydrogen) atoms. The maximum atomic E-state index is 12.4. The van der Waals surface area contributed by atoms with Crippen molar-refractivity contribution in [3.05, 3.63) is 39.3 Å². The Morgan fingerprint density at radius 1 is 1.23 bits per heavy atom. The van der Waals surface area contributed by atoms with E-state index >= 15 is 0 Å². The summed E-state index contributed by atoms with van der Waals surface area (Å²) < 4.78 is 10.5. The SMILES string of the molecule is COc1cccc(OC)c1C(=O)NCCc1sc(C)nc1C. The number of ether oxygens (including phenoxy) is 2. The molecule has 0 aliphatic rings. The van der Waals surface area contributed by atoms with Crippen LogP contribution in [-0.4, -0.2) is 31.7 Å². The highest BCUT2D eigenvalue weighted by Crippen LogP contribution is 2.28. The smallest absolute Gasteiger partial charge is 0.258 e. The molecule has 0 atom stereocenters. The number of aryl methyl sites for hydroxylation is 2. The maximum Gasteiger partial charge on any atom is 0.258 e. The van der Waals surface area contributed by atoms with Gasteiger partial charge in [0, 0.05) is 17.8 Å². The number of benzene rings is 1. The Morgan fingerprint density at radius 3 is 2.36 bits per heavy atom. The van der Waals surface area contributed by atoms with Crippen molar-refractivity contribution in [3.63, 3.8) is 0 Å². The Balaban J connectivity index is 2.05. The molecule has 0 bridgehead atoms. The fraction of sp³-hybridized carbons (Fsp3) is 0.375. The van der Waals surface area contributed by atoms with Gasteiger partial charge in [0.1, 0.15) is 17.1 Å². The number of nitrogens with one attached hydrogen (secondary N) is 1. The van der Waals surface area contributed by atoms with Crippen molar-refractivity contribution in [1.82, 2.24) is 10.3 Å². The molecular formula is C16H20N2O3S. The van der Waals surface area contributed by atoms with Gasteiger partial charge in [-0.25, -0.2) is 4.98 Å². The lowest BCUT2D eigenvalue weighted by Gasteiger charge is -2.12. The number of nitrogens with zero attached hydrogens (tertiary/aromatic N) is 1. The highest BCUT2D eigenvalue weighted by molar-refractivity contribution is 7.11. The molecule has 1 N–H and O–H groups in total. The van der Waals surface area contributed by atoms with Crippen LogP contribution >= 0.6 is 11.3 Å². The molecule has 6 heteroatoms. The van der Waals surface area contributed by atoms with Crippen molar-refractivity contribution < 1.29 is 14.3 Å². The van der Waals surface area contributed by atoms with Gasteiger partial charge in [-0.3, -0.25) is 4.79 Å². The molecule has 0 aliphatic heterocycles. The summed E-state index contributed by atoms with van der Waals surface area (Å²) in [6.45, 7) is 4.52. The average molecular weight is 320 g/mol. The van der Waals surface area contributed by atoms with Crippen LogP contribution in [0.3, 0.4) is 0 Å². The van der Waals surface area contributed by atoms with Crippen LogP contribution in [0, 0.1) is 13.8 Å². The Bertz CT molecular complexity index is 645. The molecule has 0 saturated heterocycles. The van der Waals surface area contributed by atoms with Crippen LogP contribution in [0.1, 0.15) is 25.9 Å². The number of thiazole rings is 1. The number of carbonyl (C=O) groups is 1. The lowest BCUT2D eigenvalue weighted by Crippen LogP contribution is -2.26. The van der Waals surface area contributed by atoms with E-state index in [1.165, 1.54) is 19.1 Å². The van der Waals surface area contributed by atoms with Crippen LogP contribution in [0.25, 0.3) is 0 Å². The standard InChI is InChI=1S/C16H20N2O3S/c1-10-14(22-11(2)18-10)8-9-17-16(19)15-12(20-3)6-5-7-13(15)21-4/h5-7H,8-9H2,1-4H3,(H,17,19). The van der Waals surface area contributed by atoms with Gasteiger partial charge in [0.15, 0.2) is 0 Å². The van der Waals surface area contributed by atoms with Gasteiger partial charge >= 0.3 is 0 Å². The summed E-state index contributed by atoms with van der Waals surface area (Å²) in [5, 5.41) is 3.96. The van der Waals surface area contributed by atoms with Gasteiger partial charge in [-0.15, -0.1) is 11.3 Å². The number of methoxy groups -OCH3 is 2. The Morgan fingerprint density at radius 2 is 1.86 bits per heavy atom. The van der Waals surface area contributed by atoms with E-state index in [1.807, 2.05) is 13.8 Å². The molecule has 1 heterocycles. The van der Waals surface area contributed by atoms with Crippen molar-refractivity contribution in [2.75, 3.05) is 20.8 Å². The van der Waals surface area contributed by atoms with Crippen LogP contribution in [0.5, 0.6) is 11.5 Å². The summed E-state index contributed by atoms with van der Waals surface area (Å²) in [4.78, 5) is 18.0. The van der Waals surface area contributed by atoms with Crippen LogP contribution < -0.4 is 14.8 Å². The molecule has 2 rings (SSSR count). The molecule has 0 radical (unpaired) electrons. The zero-order valence-corrected chi connectivity index (χ0v) is 14.0. The highest BCUT2D eigenvalue weighted by atomic mass is 32.1. The zero-order chi connectivity index (χ0) is 16.1. The monoisotopic (exact) mass is 320 g/mol. The predicted molar refractivity (Wildman–Crippen MR) is 87.2 cm³/mol. The summed E-state index contributed by atoms with van der Waals surface area (Å²) in [6, 6.07) is 5.28. The minimum Gasteiger partial charge on any atom is -0.496 e. The van der Waals surface area contributed by atoms with Gasteiger partial charge in [-0.1, -0.05) is 6.07 Å². The van der Waals surface area contributed by atoms with E-state index < -0.39 is 0 Å². The zero-order valence-electron chi connectivity index (χ0n) is 13.2. The summed E-state index contributed by atoms with van der Waals surface area (Å²) in [7, 11) is 3.07. The number of hydrogen-bond donors (Lipinski definition) is 1. The topological polar surface area (TPSA) is 60.5 Å². The summed E-state index contributed by atoms with van der Waals surface area (Å²) in [5.74, 6) is 0.802. The second-order valence-corrected chi connectivity index (χ2v) is 6.07. The number of aromatic nitrogens is 1. The van der Waals surface area contributed by atoms with Gasteiger partial charge in [-0.05, 0) is 26.0 Å². The molecule has 0 spiro atoms. The second-order valence-electron chi connectivity index (χ2n) is 4.78.